The van der Waals surface area contributed by atoms with Crippen molar-refractivity contribution in [1.29, 1.82) is 0 Å². The van der Waals surface area contributed by atoms with E-state index in [0.717, 1.165) is 19.3 Å². The summed E-state index contributed by atoms with van der Waals surface area (Å²) in [5.41, 5.74) is 1.50. The van der Waals surface area contributed by atoms with E-state index >= 15 is 0 Å². The third-order valence-electron chi connectivity index (χ3n) is 6.33. The SMILES string of the molecule is COc1ccc(C(C(=O)NC(C)(C)C)N(CCC2=CCCCC2)C(=O)CCC(=O)Nc2cc(C)on2)cc1. The second-order valence-electron chi connectivity index (χ2n) is 10.7. The van der Waals surface area contributed by atoms with Crippen molar-refractivity contribution in [1.82, 2.24) is 15.4 Å². The fraction of sp³-hybridized carbons (Fsp3) is 0.517. The summed E-state index contributed by atoms with van der Waals surface area (Å²) in [4.78, 5) is 41.5. The molecule has 1 aliphatic carbocycles. The Morgan fingerprint density at radius 3 is 2.45 bits per heavy atom. The number of amides is 3. The molecule has 1 aromatic heterocycles. The van der Waals surface area contributed by atoms with Crippen LogP contribution in [0.1, 0.15) is 83.1 Å². The van der Waals surface area contributed by atoms with E-state index in [9.17, 15) is 14.4 Å². The Morgan fingerprint density at radius 2 is 1.87 bits per heavy atom. The molecule has 0 fully saturated rings. The van der Waals surface area contributed by atoms with Crippen LogP contribution in [0.5, 0.6) is 5.75 Å². The van der Waals surface area contributed by atoms with Gasteiger partial charge in [0, 0.05) is 31.0 Å². The summed E-state index contributed by atoms with van der Waals surface area (Å²) in [6.07, 6.45) is 7.20. The standard InChI is InChI=1S/C29H40N4O5/c1-20-19-24(32-38-20)30-25(34)15-16-26(35)33(18-17-21-9-7-6-8-10-21)27(28(36)31-29(2,3)4)22-11-13-23(37-5)14-12-22/h9,11-14,19,27H,6-8,10,15-18H2,1-5H3,(H,31,36)(H,30,32,34). The van der Waals surface area contributed by atoms with E-state index in [1.54, 1.807) is 37.1 Å². The van der Waals surface area contributed by atoms with Gasteiger partial charge in [-0.1, -0.05) is 28.9 Å². The quantitative estimate of drug-likeness (QED) is 0.396. The Labute approximate surface area is 225 Å². The van der Waals surface area contributed by atoms with Crippen molar-refractivity contribution in [2.45, 2.75) is 84.2 Å². The maximum Gasteiger partial charge on any atom is 0.247 e. The van der Waals surface area contributed by atoms with Crippen molar-refractivity contribution >= 4 is 23.5 Å². The first-order valence-corrected chi connectivity index (χ1v) is 13.2. The number of rotatable bonds is 11. The smallest absolute Gasteiger partial charge is 0.247 e. The predicted octanol–water partition coefficient (Wildman–Crippen LogP) is 5.09. The monoisotopic (exact) mass is 524 g/mol. The molecule has 38 heavy (non-hydrogen) atoms. The summed E-state index contributed by atoms with van der Waals surface area (Å²) in [5, 5.41) is 9.46. The molecule has 206 valence electrons. The highest BCUT2D eigenvalue weighted by Crippen LogP contribution is 2.28. The van der Waals surface area contributed by atoms with Gasteiger partial charge in [-0.15, -0.1) is 0 Å². The first-order valence-electron chi connectivity index (χ1n) is 13.2. The normalized spacial score (nSPS) is 14.3. The van der Waals surface area contributed by atoms with E-state index in [1.165, 1.54) is 12.0 Å². The minimum atomic E-state index is -0.849. The summed E-state index contributed by atoms with van der Waals surface area (Å²) in [6.45, 7) is 7.83. The van der Waals surface area contributed by atoms with Gasteiger partial charge in [-0.25, -0.2) is 0 Å². The van der Waals surface area contributed by atoms with Gasteiger partial charge in [0.2, 0.25) is 17.7 Å². The van der Waals surface area contributed by atoms with Gasteiger partial charge in [0.25, 0.3) is 0 Å². The van der Waals surface area contributed by atoms with Crippen molar-refractivity contribution in [2.75, 3.05) is 19.0 Å². The number of benzene rings is 1. The van der Waals surface area contributed by atoms with Crippen molar-refractivity contribution in [3.8, 4) is 5.75 Å². The first kappa shape index (κ1) is 28.9. The average molecular weight is 525 g/mol. The van der Waals surface area contributed by atoms with Crippen LogP contribution in [0.3, 0.4) is 0 Å². The molecule has 2 N–H and O–H groups in total. The molecule has 0 saturated heterocycles. The Bertz CT molecular complexity index is 1130. The number of carbonyl (C=O) groups is 3. The van der Waals surface area contributed by atoms with Gasteiger partial charge in [0.1, 0.15) is 17.6 Å². The molecule has 0 radical (unpaired) electrons. The third kappa shape index (κ3) is 8.75. The summed E-state index contributed by atoms with van der Waals surface area (Å²) in [7, 11) is 1.58. The number of aryl methyl sites for hydroxylation is 1. The molecule has 9 heteroatoms. The van der Waals surface area contributed by atoms with Gasteiger partial charge in [-0.3, -0.25) is 14.4 Å². The fourth-order valence-electron chi connectivity index (χ4n) is 4.49. The molecule has 3 rings (SSSR count). The van der Waals surface area contributed by atoms with Crippen molar-refractivity contribution in [3.63, 3.8) is 0 Å². The maximum absolute atomic E-state index is 13.7. The molecule has 1 heterocycles. The summed E-state index contributed by atoms with van der Waals surface area (Å²) >= 11 is 0. The Kier molecular flexibility index (Phi) is 10.1. The van der Waals surface area contributed by atoms with E-state index in [1.807, 2.05) is 32.9 Å². The largest absolute Gasteiger partial charge is 0.497 e. The van der Waals surface area contributed by atoms with Crippen LogP contribution in [0.15, 0.2) is 46.5 Å². The molecule has 1 aliphatic rings. The molecule has 0 saturated carbocycles. The molecule has 9 nitrogen and oxygen atoms in total. The highest BCUT2D eigenvalue weighted by atomic mass is 16.5. The number of hydrogen-bond acceptors (Lipinski definition) is 6. The number of carbonyl (C=O) groups excluding carboxylic acids is 3. The van der Waals surface area contributed by atoms with Crippen LogP contribution in [0.2, 0.25) is 0 Å². The van der Waals surface area contributed by atoms with Crippen LogP contribution in [-0.2, 0) is 14.4 Å². The summed E-state index contributed by atoms with van der Waals surface area (Å²) < 4.78 is 10.3. The van der Waals surface area contributed by atoms with Crippen molar-refractivity contribution in [2.24, 2.45) is 0 Å². The molecule has 1 atom stereocenters. The molecule has 1 unspecified atom stereocenters. The van der Waals surface area contributed by atoms with E-state index in [0.29, 0.717) is 35.9 Å². The molecule has 2 aromatic rings. The number of ether oxygens (including phenoxy) is 1. The van der Waals surface area contributed by atoms with Crippen LogP contribution in [-0.4, -0.2) is 47.0 Å². The second kappa shape index (κ2) is 13.3. The molecule has 0 spiro atoms. The van der Waals surface area contributed by atoms with Gasteiger partial charge >= 0.3 is 0 Å². The van der Waals surface area contributed by atoms with Gasteiger partial charge < -0.3 is 24.8 Å². The minimum Gasteiger partial charge on any atom is -0.497 e. The van der Waals surface area contributed by atoms with Crippen molar-refractivity contribution in [3.05, 3.63) is 53.3 Å². The highest BCUT2D eigenvalue weighted by molar-refractivity contribution is 5.94. The summed E-state index contributed by atoms with van der Waals surface area (Å²) in [6, 6.07) is 7.95. The third-order valence-corrected chi connectivity index (χ3v) is 6.33. The zero-order chi connectivity index (χ0) is 27.7. The van der Waals surface area contributed by atoms with Crippen molar-refractivity contribution < 1.29 is 23.6 Å². The van der Waals surface area contributed by atoms with E-state index in [2.05, 4.69) is 21.9 Å². The lowest BCUT2D eigenvalue weighted by Gasteiger charge is -2.34. The lowest BCUT2D eigenvalue weighted by Crippen LogP contribution is -2.49. The molecule has 1 aromatic carbocycles. The predicted molar refractivity (Wildman–Crippen MR) is 146 cm³/mol. The number of anilines is 1. The molecule has 0 aliphatic heterocycles. The number of nitrogens with zero attached hydrogens (tertiary/aromatic N) is 2. The first-order chi connectivity index (χ1) is 18.1. The zero-order valence-corrected chi connectivity index (χ0v) is 23.1. The number of nitrogens with one attached hydrogen (secondary N) is 2. The van der Waals surface area contributed by atoms with Crippen LogP contribution < -0.4 is 15.4 Å². The average Bonchev–Trinajstić information content (AvgIpc) is 3.28. The molecule has 0 bridgehead atoms. The topological polar surface area (TPSA) is 114 Å². The Morgan fingerprint density at radius 1 is 1.13 bits per heavy atom. The van der Waals surface area contributed by atoms with Crippen LogP contribution in [0, 0.1) is 6.92 Å². The van der Waals surface area contributed by atoms with E-state index < -0.39 is 11.6 Å². The van der Waals surface area contributed by atoms with Crippen LogP contribution in [0.4, 0.5) is 5.82 Å². The zero-order valence-electron chi connectivity index (χ0n) is 23.1. The van der Waals surface area contributed by atoms with Crippen LogP contribution >= 0.6 is 0 Å². The molecule has 3 amide bonds. The molecular formula is C29H40N4O5. The lowest BCUT2D eigenvalue weighted by molar-refractivity contribution is -0.142. The number of methoxy groups -OCH3 is 1. The fourth-order valence-corrected chi connectivity index (χ4v) is 4.49. The van der Waals surface area contributed by atoms with E-state index in [4.69, 9.17) is 9.26 Å². The lowest BCUT2D eigenvalue weighted by atomic mass is 9.96. The van der Waals surface area contributed by atoms with Gasteiger partial charge in [0.15, 0.2) is 5.82 Å². The number of aromatic nitrogens is 1. The molecular weight excluding hydrogens is 484 g/mol. The van der Waals surface area contributed by atoms with Gasteiger partial charge in [-0.2, -0.15) is 0 Å². The van der Waals surface area contributed by atoms with E-state index in [-0.39, 0.29) is 30.6 Å². The minimum absolute atomic E-state index is 0.0415. The number of hydrogen-bond donors (Lipinski definition) is 2. The Balaban J connectivity index is 1.85. The maximum atomic E-state index is 13.7. The van der Waals surface area contributed by atoms with Gasteiger partial charge in [0.05, 0.1) is 7.11 Å². The highest BCUT2D eigenvalue weighted by Gasteiger charge is 2.33. The summed E-state index contributed by atoms with van der Waals surface area (Å²) in [5.74, 6) is 0.665. The second-order valence-corrected chi connectivity index (χ2v) is 10.7. The Hall–Kier alpha value is -3.62. The van der Waals surface area contributed by atoms with Crippen LogP contribution in [0.25, 0.3) is 0 Å². The van der Waals surface area contributed by atoms with Gasteiger partial charge in [-0.05, 0) is 77.5 Å². The number of allylic oxidation sites excluding steroid dienone is 1.